The Labute approximate surface area is 342 Å². The Kier molecular flexibility index (Phi) is 11.5. The van der Waals surface area contributed by atoms with Gasteiger partial charge in [0.15, 0.2) is 0 Å². The van der Waals surface area contributed by atoms with Crippen LogP contribution in [0, 0.1) is 5.92 Å². The Morgan fingerprint density at radius 3 is 1.67 bits per heavy atom. The lowest BCUT2D eigenvalue weighted by Gasteiger charge is -2.36. The van der Waals surface area contributed by atoms with E-state index in [4.69, 9.17) is 23.2 Å². The van der Waals surface area contributed by atoms with E-state index in [0.29, 0.717) is 45.8 Å². The van der Waals surface area contributed by atoms with Crippen LogP contribution in [0.5, 0.6) is 0 Å². The molecule has 2 aromatic heterocycles. The number of nitrogens with one attached hydrogen (secondary N) is 4. The molecule has 1 aliphatic carbocycles. The van der Waals surface area contributed by atoms with Crippen molar-refractivity contribution in [2.45, 2.75) is 35.2 Å². The molecule has 16 nitrogen and oxygen atoms in total. The smallest absolute Gasteiger partial charge is 0.337 e. The first-order valence-electron chi connectivity index (χ1n) is 17.5. The quantitative estimate of drug-likeness (QED) is 0.0627. The number of aromatic nitrogens is 4. The van der Waals surface area contributed by atoms with Crippen molar-refractivity contribution in [3.63, 3.8) is 0 Å². The van der Waals surface area contributed by atoms with Gasteiger partial charge in [-0.15, -0.1) is 0 Å². The summed E-state index contributed by atoms with van der Waals surface area (Å²) >= 11 is 11.9. The second-order valence-corrected chi connectivity index (χ2v) is 17.7. The zero-order valence-corrected chi connectivity index (χ0v) is 33.2. The van der Waals surface area contributed by atoms with Gasteiger partial charge in [-0.3, -0.25) is 9.44 Å². The molecule has 4 aromatic carbocycles. The number of anilines is 3. The summed E-state index contributed by atoms with van der Waals surface area (Å²) in [4.78, 5) is 24.0. The summed E-state index contributed by atoms with van der Waals surface area (Å²) < 4.78 is 60.0. The van der Waals surface area contributed by atoms with Crippen LogP contribution in [-0.2, 0) is 26.6 Å². The first-order valence-corrected chi connectivity index (χ1v) is 21.2. The van der Waals surface area contributed by atoms with Crippen molar-refractivity contribution in [3.8, 4) is 11.4 Å². The number of aromatic carboxylic acids is 2. The Bertz CT molecular complexity index is 2530. The summed E-state index contributed by atoms with van der Waals surface area (Å²) in [7, 11) is -8.35. The van der Waals surface area contributed by atoms with E-state index >= 15 is 0 Å². The molecule has 2 heterocycles. The minimum absolute atomic E-state index is 0.0935. The van der Waals surface area contributed by atoms with E-state index in [1.807, 2.05) is 0 Å². The van der Waals surface area contributed by atoms with E-state index in [-0.39, 0.29) is 44.3 Å². The number of benzene rings is 4. The Balaban J connectivity index is 0.906. The van der Waals surface area contributed by atoms with Crippen molar-refractivity contribution in [3.05, 3.63) is 136 Å². The maximum atomic E-state index is 13.2. The monoisotopic (exact) mass is 864 g/mol. The number of rotatable bonds is 16. The molecule has 0 saturated heterocycles. The Morgan fingerprint density at radius 2 is 1.17 bits per heavy atom. The van der Waals surface area contributed by atoms with Gasteiger partial charge in [0.25, 0.3) is 20.0 Å². The molecular weight excluding hydrogens is 832 g/mol. The predicted molar refractivity (Wildman–Crippen MR) is 217 cm³/mol. The molecule has 0 atom stereocenters. The highest BCUT2D eigenvalue weighted by atomic mass is 35.5. The lowest BCUT2D eigenvalue weighted by Crippen LogP contribution is -2.43. The van der Waals surface area contributed by atoms with E-state index in [0.717, 1.165) is 25.2 Å². The number of carboxylic acid groups (broad SMARTS) is 2. The van der Waals surface area contributed by atoms with Crippen LogP contribution in [0.25, 0.3) is 11.4 Å². The highest BCUT2D eigenvalue weighted by Gasteiger charge is 2.29. The van der Waals surface area contributed by atoms with Gasteiger partial charge in [0.05, 0.1) is 58.7 Å². The number of nitrogens with zero attached hydrogens (tertiary/aromatic N) is 4. The van der Waals surface area contributed by atoms with Gasteiger partial charge < -0.3 is 20.8 Å². The molecule has 6 N–H and O–H groups in total. The van der Waals surface area contributed by atoms with Crippen LogP contribution in [0.15, 0.2) is 120 Å². The van der Waals surface area contributed by atoms with Crippen molar-refractivity contribution in [2.75, 3.05) is 21.3 Å². The van der Waals surface area contributed by atoms with Crippen LogP contribution < -0.4 is 20.1 Å². The molecular formula is C38H34Cl2N8O8S2. The second kappa shape index (κ2) is 16.5. The molecule has 58 heavy (non-hydrogen) atoms. The molecule has 0 amide bonds. The fraction of sp³-hybridized carbons (Fsp3) is 0.158. The average Bonchev–Trinajstić information content (AvgIpc) is 3.88. The van der Waals surface area contributed by atoms with Crippen molar-refractivity contribution in [1.29, 1.82) is 0 Å². The maximum Gasteiger partial charge on any atom is 0.337 e. The van der Waals surface area contributed by atoms with Gasteiger partial charge >= 0.3 is 11.9 Å². The number of carboxylic acids is 2. The zero-order valence-electron chi connectivity index (χ0n) is 30.1. The molecule has 1 aliphatic rings. The highest BCUT2D eigenvalue weighted by Crippen LogP contribution is 2.30. The molecule has 0 aliphatic heterocycles. The minimum Gasteiger partial charge on any atom is -0.478 e. The summed E-state index contributed by atoms with van der Waals surface area (Å²) in [5, 5.41) is 35.6. The van der Waals surface area contributed by atoms with Gasteiger partial charge in [-0.25, -0.2) is 35.8 Å². The third kappa shape index (κ3) is 9.27. The number of carbonyl (C=O) groups is 2. The summed E-state index contributed by atoms with van der Waals surface area (Å²) in [6, 6.07) is 22.2. The number of hydrogen-bond acceptors (Lipinski definition) is 10. The molecule has 300 valence electrons. The average molecular weight is 866 g/mol. The van der Waals surface area contributed by atoms with Crippen LogP contribution in [0.2, 0.25) is 10.0 Å². The second-order valence-electron chi connectivity index (χ2n) is 13.5. The van der Waals surface area contributed by atoms with Crippen LogP contribution in [0.1, 0.15) is 39.1 Å². The SMILES string of the molecule is O=C(O)c1cc(CNC2CC(CNc3ccc(NS(=O)(=O)c4cnn(-c5ccc(Cl)cc5)c4)c(C(=O)O)c3)C2)ccc1NS(=O)(=O)c1cnn(-c2ccc(Cl)cc2)c1. The van der Waals surface area contributed by atoms with Crippen molar-refractivity contribution >= 4 is 72.2 Å². The van der Waals surface area contributed by atoms with Crippen molar-refractivity contribution in [2.24, 2.45) is 5.92 Å². The molecule has 0 unspecified atom stereocenters. The summed E-state index contributed by atoms with van der Waals surface area (Å²) in [6.07, 6.45) is 6.51. The van der Waals surface area contributed by atoms with Gasteiger partial charge in [0, 0.05) is 34.9 Å². The predicted octanol–water partition coefficient (Wildman–Crippen LogP) is 6.34. The Hall–Kier alpha value is -5.92. The van der Waals surface area contributed by atoms with E-state index in [2.05, 4.69) is 30.3 Å². The van der Waals surface area contributed by atoms with Gasteiger partial charge in [0.1, 0.15) is 9.79 Å². The fourth-order valence-corrected chi connectivity index (χ4v) is 8.52. The minimum atomic E-state index is -4.18. The van der Waals surface area contributed by atoms with E-state index in [1.165, 1.54) is 46.0 Å². The molecule has 20 heteroatoms. The molecule has 1 saturated carbocycles. The molecule has 7 rings (SSSR count). The van der Waals surface area contributed by atoms with Gasteiger partial charge in [-0.1, -0.05) is 29.3 Å². The Morgan fingerprint density at radius 1 is 0.690 bits per heavy atom. The topological polar surface area (TPSA) is 227 Å². The fourth-order valence-electron chi connectivity index (χ4n) is 6.25. The van der Waals surface area contributed by atoms with E-state index in [1.54, 1.807) is 60.7 Å². The summed E-state index contributed by atoms with van der Waals surface area (Å²) in [5.41, 5.74) is 1.66. The summed E-state index contributed by atoms with van der Waals surface area (Å²) in [6.45, 7) is 0.871. The first kappa shape index (κ1) is 40.3. The molecule has 0 bridgehead atoms. The standard InChI is InChI=1S/C38H34Cl2N8O8S2/c39-25-2-7-29(8-3-25)47-21-31(19-43-47)57(53,54)45-35-11-1-23(15-33(35)37(49)50)17-42-28-13-24(14-28)18-41-27-6-12-36(34(16-27)38(51)52)46-58(55,56)32-20-44-48(22-32)30-9-4-26(40)5-10-30/h1-12,15-16,19-22,24,28,41-42,45-46H,13-14,17-18H2,(H,49,50)(H,51,52). The maximum absolute atomic E-state index is 13.2. The van der Waals surface area contributed by atoms with Crippen LogP contribution >= 0.6 is 23.2 Å². The number of hydrogen-bond donors (Lipinski definition) is 6. The third-order valence-corrected chi connectivity index (χ3v) is 12.5. The van der Waals surface area contributed by atoms with Crippen LogP contribution in [-0.4, -0.2) is 71.1 Å². The third-order valence-electron chi connectivity index (χ3n) is 9.40. The van der Waals surface area contributed by atoms with Gasteiger partial charge in [0.2, 0.25) is 0 Å². The number of halogens is 2. The lowest BCUT2D eigenvalue weighted by atomic mass is 9.80. The molecule has 1 fully saturated rings. The molecule has 0 radical (unpaired) electrons. The van der Waals surface area contributed by atoms with Crippen molar-refractivity contribution in [1.82, 2.24) is 24.9 Å². The van der Waals surface area contributed by atoms with Crippen molar-refractivity contribution < 1.29 is 36.6 Å². The first-order chi connectivity index (χ1) is 27.6. The molecule has 0 spiro atoms. The van der Waals surface area contributed by atoms with E-state index < -0.39 is 32.0 Å². The number of sulfonamides is 2. The van der Waals surface area contributed by atoms with Gasteiger partial charge in [-0.05, 0) is 103 Å². The normalized spacial score (nSPS) is 15.3. The van der Waals surface area contributed by atoms with Gasteiger partial charge in [-0.2, -0.15) is 10.2 Å². The zero-order chi connectivity index (χ0) is 41.2. The lowest BCUT2D eigenvalue weighted by molar-refractivity contribution is 0.0687. The molecule has 6 aromatic rings. The van der Waals surface area contributed by atoms with Crippen LogP contribution in [0.4, 0.5) is 17.1 Å². The largest absolute Gasteiger partial charge is 0.478 e. The highest BCUT2D eigenvalue weighted by molar-refractivity contribution is 7.93. The summed E-state index contributed by atoms with van der Waals surface area (Å²) in [5.74, 6) is -2.37. The van der Waals surface area contributed by atoms with E-state index in [9.17, 15) is 36.6 Å². The van der Waals surface area contributed by atoms with Crippen LogP contribution in [0.3, 0.4) is 0 Å².